The van der Waals surface area contributed by atoms with Gasteiger partial charge in [-0.15, -0.1) is 0 Å². The second kappa shape index (κ2) is 7.67. The van der Waals surface area contributed by atoms with E-state index in [1.54, 1.807) is 4.57 Å². The molecule has 0 unspecified atom stereocenters. The van der Waals surface area contributed by atoms with Crippen molar-refractivity contribution in [3.63, 3.8) is 0 Å². The lowest BCUT2D eigenvalue weighted by Gasteiger charge is -2.11. The fraction of sp³-hybridized carbons (Fsp3) is 0.111. The molecule has 0 bridgehead atoms. The zero-order chi connectivity index (χ0) is 19.4. The van der Waals surface area contributed by atoms with E-state index in [0.717, 1.165) is 5.69 Å². The number of para-hydroxylation sites is 1. The van der Waals surface area contributed by atoms with Crippen LogP contribution in [0.1, 0.15) is 10.5 Å². The summed E-state index contributed by atoms with van der Waals surface area (Å²) in [6, 6.07) is 14.7. The molecule has 2 N–H and O–H groups in total. The molecule has 0 saturated heterocycles. The number of amides is 1. The van der Waals surface area contributed by atoms with Crippen LogP contribution in [0.4, 0.5) is 18.9 Å². The highest BCUT2D eigenvalue weighted by atomic mass is 32.1. The van der Waals surface area contributed by atoms with E-state index in [1.807, 2.05) is 30.3 Å². The third-order valence-corrected chi connectivity index (χ3v) is 3.84. The summed E-state index contributed by atoms with van der Waals surface area (Å²) in [6.07, 6.45) is -2.92. The molecule has 0 aliphatic heterocycles. The van der Waals surface area contributed by atoms with Crippen molar-refractivity contribution in [2.45, 2.75) is 6.18 Å². The normalized spacial score (nSPS) is 11.2. The van der Waals surface area contributed by atoms with E-state index in [9.17, 15) is 18.0 Å². The second-order valence-electron chi connectivity index (χ2n) is 5.53. The number of rotatable bonds is 5. The number of carbonyl (C=O) groups excluding carboxylic acids is 1. The van der Waals surface area contributed by atoms with E-state index in [2.05, 4.69) is 15.0 Å². The molecular formula is C18H14F3N3O2S. The van der Waals surface area contributed by atoms with Gasteiger partial charge in [0.2, 0.25) is 0 Å². The molecule has 5 nitrogen and oxygen atoms in total. The second-order valence-corrected chi connectivity index (χ2v) is 5.92. The lowest BCUT2D eigenvalue weighted by molar-refractivity contribution is -0.153. The summed E-state index contributed by atoms with van der Waals surface area (Å²) in [5, 5.41) is 2.68. The van der Waals surface area contributed by atoms with Gasteiger partial charge in [0.05, 0.1) is 0 Å². The average Bonchev–Trinajstić information content (AvgIpc) is 3.03. The van der Waals surface area contributed by atoms with Gasteiger partial charge in [-0.1, -0.05) is 18.2 Å². The maximum atomic E-state index is 12.6. The molecule has 0 fully saturated rings. The Kier molecular flexibility index (Phi) is 5.31. The number of benzene rings is 2. The molecule has 1 amide bonds. The van der Waals surface area contributed by atoms with Gasteiger partial charge >= 0.3 is 6.18 Å². The minimum Gasteiger partial charge on any atom is -0.484 e. The van der Waals surface area contributed by atoms with Crippen LogP contribution in [0.2, 0.25) is 0 Å². The number of nitrogens with zero attached hydrogens (tertiary/aromatic N) is 1. The van der Waals surface area contributed by atoms with Crippen LogP contribution in [-0.2, 0) is 0 Å². The minimum absolute atomic E-state index is 0.0548. The van der Waals surface area contributed by atoms with Gasteiger partial charge in [0.25, 0.3) is 5.91 Å². The van der Waals surface area contributed by atoms with Crippen molar-refractivity contribution < 1.29 is 22.7 Å². The summed E-state index contributed by atoms with van der Waals surface area (Å²) >= 11 is 5.23. The zero-order valence-electron chi connectivity index (χ0n) is 13.8. The van der Waals surface area contributed by atoms with Gasteiger partial charge < -0.3 is 15.0 Å². The lowest BCUT2D eigenvalue weighted by Crippen LogP contribution is -2.19. The molecule has 0 spiro atoms. The summed E-state index contributed by atoms with van der Waals surface area (Å²) in [7, 11) is 0. The number of carbonyl (C=O) groups is 1. The first-order valence-corrected chi connectivity index (χ1v) is 8.21. The van der Waals surface area contributed by atoms with Crippen LogP contribution in [0.5, 0.6) is 5.75 Å². The maximum absolute atomic E-state index is 12.6. The maximum Gasteiger partial charge on any atom is 0.422 e. The molecule has 27 heavy (non-hydrogen) atoms. The number of halogens is 3. The number of nitrogens with one attached hydrogen (secondary N) is 2. The van der Waals surface area contributed by atoms with E-state index in [1.165, 1.54) is 30.5 Å². The van der Waals surface area contributed by atoms with Crippen LogP contribution in [0.15, 0.2) is 60.8 Å². The standard InChI is InChI=1S/C18H14F3N3O2S/c19-18(20,21)11-26-14-8-6-12(7-9-14)23-16(25)15-10-22-17(27)24(15)13-4-2-1-3-5-13/h1-10H,11H2,(H,22,27)(H,23,25). The molecule has 9 heteroatoms. The Morgan fingerprint density at radius 2 is 1.78 bits per heavy atom. The van der Waals surface area contributed by atoms with Gasteiger partial charge in [-0.2, -0.15) is 13.2 Å². The number of H-pyrrole nitrogens is 1. The Balaban J connectivity index is 1.74. The third-order valence-electron chi connectivity index (χ3n) is 3.54. The van der Waals surface area contributed by atoms with Crippen LogP contribution < -0.4 is 10.1 Å². The van der Waals surface area contributed by atoms with Crippen LogP contribution in [-0.4, -0.2) is 28.2 Å². The van der Waals surface area contributed by atoms with E-state index in [4.69, 9.17) is 12.2 Å². The van der Waals surface area contributed by atoms with E-state index in [0.29, 0.717) is 16.2 Å². The molecule has 0 saturated carbocycles. The van der Waals surface area contributed by atoms with Gasteiger partial charge in [-0.3, -0.25) is 9.36 Å². The van der Waals surface area contributed by atoms with E-state index >= 15 is 0 Å². The average molecular weight is 393 g/mol. The lowest BCUT2D eigenvalue weighted by atomic mass is 10.2. The monoisotopic (exact) mass is 393 g/mol. The summed E-state index contributed by atoms with van der Waals surface area (Å²) in [6.45, 7) is -1.37. The summed E-state index contributed by atoms with van der Waals surface area (Å²) in [4.78, 5) is 15.4. The number of aromatic amines is 1. The highest BCUT2D eigenvalue weighted by molar-refractivity contribution is 7.71. The Labute approximate surface area is 157 Å². The van der Waals surface area contributed by atoms with Crippen LogP contribution in [0, 0.1) is 4.77 Å². The van der Waals surface area contributed by atoms with Crippen LogP contribution in [0.25, 0.3) is 5.69 Å². The molecule has 0 atom stereocenters. The predicted molar refractivity (Wildman–Crippen MR) is 96.9 cm³/mol. The number of ether oxygens (including phenoxy) is 1. The largest absolute Gasteiger partial charge is 0.484 e. The van der Waals surface area contributed by atoms with Gasteiger partial charge in [-0.25, -0.2) is 0 Å². The molecule has 0 aliphatic rings. The fourth-order valence-electron chi connectivity index (χ4n) is 2.36. The molecule has 3 aromatic rings. The van der Waals surface area contributed by atoms with Crippen molar-refractivity contribution in [2.24, 2.45) is 0 Å². The number of hydrogen-bond acceptors (Lipinski definition) is 3. The number of hydrogen-bond donors (Lipinski definition) is 2. The van der Waals surface area contributed by atoms with E-state index in [-0.39, 0.29) is 5.75 Å². The molecule has 2 aromatic carbocycles. The van der Waals surface area contributed by atoms with Gasteiger partial charge in [0, 0.05) is 17.6 Å². The number of imidazole rings is 1. The highest BCUT2D eigenvalue weighted by Gasteiger charge is 2.28. The fourth-order valence-corrected chi connectivity index (χ4v) is 2.63. The first-order chi connectivity index (χ1) is 12.8. The molecule has 1 aromatic heterocycles. The van der Waals surface area contributed by atoms with Gasteiger partial charge in [0.15, 0.2) is 11.4 Å². The van der Waals surface area contributed by atoms with Crippen molar-refractivity contribution in [3.05, 3.63) is 71.3 Å². The first kappa shape index (κ1) is 18.7. The van der Waals surface area contributed by atoms with Crippen molar-refractivity contribution >= 4 is 23.8 Å². The molecule has 0 aliphatic carbocycles. The first-order valence-electron chi connectivity index (χ1n) is 7.80. The zero-order valence-corrected chi connectivity index (χ0v) is 14.6. The van der Waals surface area contributed by atoms with Crippen molar-refractivity contribution in [1.29, 1.82) is 0 Å². The van der Waals surface area contributed by atoms with Crippen molar-refractivity contribution in [2.75, 3.05) is 11.9 Å². The Morgan fingerprint density at radius 3 is 2.41 bits per heavy atom. The SMILES string of the molecule is O=C(Nc1ccc(OCC(F)(F)F)cc1)c1c[nH]c(=S)n1-c1ccccc1. The highest BCUT2D eigenvalue weighted by Crippen LogP contribution is 2.21. The molecule has 0 radical (unpaired) electrons. The Bertz CT molecular complexity index is 980. The van der Waals surface area contributed by atoms with Crippen molar-refractivity contribution in [3.8, 4) is 11.4 Å². The Hall–Kier alpha value is -3.07. The minimum atomic E-state index is -4.41. The summed E-state index contributed by atoms with van der Waals surface area (Å²) in [5.74, 6) is -0.366. The molecule has 140 valence electrons. The number of anilines is 1. The van der Waals surface area contributed by atoms with E-state index < -0.39 is 18.7 Å². The van der Waals surface area contributed by atoms with Gasteiger partial charge in [0.1, 0.15) is 11.4 Å². The third kappa shape index (κ3) is 4.76. The van der Waals surface area contributed by atoms with Crippen LogP contribution >= 0.6 is 12.2 Å². The number of alkyl halides is 3. The molecular weight excluding hydrogens is 379 g/mol. The topological polar surface area (TPSA) is 59.0 Å². The Morgan fingerprint density at radius 1 is 1.11 bits per heavy atom. The quantitative estimate of drug-likeness (QED) is 0.616. The molecule has 3 rings (SSSR count). The van der Waals surface area contributed by atoms with Gasteiger partial charge in [-0.05, 0) is 48.6 Å². The number of aromatic nitrogens is 2. The predicted octanol–water partition coefficient (Wildman–Crippen LogP) is 4.73. The van der Waals surface area contributed by atoms with Crippen molar-refractivity contribution in [1.82, 2.24) is 9.55 Å². The molecule has 1 heterocycles. The van der Waals surface area contributed by atoms with Crippen LogP contribution in [0.3, 0.4) is 0 Å². The smallest absolute Gasteiger partial charge is 0.422 e. The summed E-state index contributed by atoms with van der Waals surface area (Å²) < 4.78 is 43.1. The summed E-state index contributed by atoms with van der Waals surface area (Å²) in [5.41, 5.74) is 1.43.